The van der Waals surface area contributed by atoms with E-state index in [1.54, 1.807) is 7.11 Å². The lowest BCUT2D eigenvalue weighted by Gasteiger charge is -2.36. The summed E-state index contributed by atoms with van der Waals surface area (Å²) in [4.78, 5) is 0. The monoisotopic (exact) mass is 228 g/mol. The van der Waals surface area contributed by atoms with Gasteiger partial charge in [0.1, 0.15) is 0 Å². The Bertz CT molecular complexity index is 175. The maximum atomic E-state index is 5.69. The van der Waals surface area contributed by atoms with Crippen molar-refractivity contribution >= 4 is 0 Å². The fourth-order valence-corrected chi connectivity index (χ4v) is 3.07. The second-order valence-electron chi connectivity index (χ2n) is 5.06. The van der Waals surface area contributed by atoms with Crippen molar-refractivity contribution in [1.29, 1.82) is 0 Å². The van der Waals surface area contributed by atoms with E-state index < -0.39 is 0 Å². The molecule has 1 fully saturated rings. The molecule has 2 atom stereocenters. The molecule has 0 aromatic carbocycles. The molecule has 1 saturated carbocycles. The first-order chi connectivity index (χ1) is 7.76. The van der Waals surface area contributed by atoms with E-state index in [4.69, 9.17) is 10.6 Å². The predicted octanol–water partition coefficient (Wildman–Crippen LogP) is 2.46. The van der Waals surface area contributed by atoms with Crippen molar-refractivity contribution in [3.8, 4) is 0 Å². The Kier molecular flexibility index (Phi) is 6.32. The molecule has 1 aliphatic rings. The first-order valence-electron chi connectivity index (χ1n) is 6.75. The molecule has 2 unspecified atom stereocenters. The molecule has 16 heavy (non-hydrogen) atoms. The molecular formula is C13H28N2O. The Balaban J connectivity index is 2.48. The molecule has 3 heteroatoms. The Hall–Kier alpha value is -0.120. The number of methoxy groups -OCH3 is 1. The highest BCUT2D eigenvalue weighted by Crippen LogP contribution is 2.33. The van der Waals surface area contributed by atoms with Gasteiger partial charge in [0.15, 0.2) is 0 Å². The van der Waals surface area contributed by atoms with Crippen LogP contribution in [-0.2, 0) is 4.74 Å². The van der Waals surface area contributed by atoms with E-state index in [0.717, 1.165) is 12.3 Å². The number of nitrogens with one attached hydrogen (secondary N) is 1. The lowest BCUT2D eigenvalue weighted by atomic mass is 9.76. The molecule has 1 aliphatic carbocycles. The van der Waals surface area contributed by atoms with Crippen LogP contribution >= 0.6 is 0 Å². The smallest absolute Gasteiger partial charge is 0.0737 e. The minimum atomic E-state index is 0.258. The topological polar surface area (TPSA) is 47.3 Å². The summed E-state index contributed by atoms with van der Waals surface area (Å²) in [6, 6.07) is 0.327. The Morgan fingerprint density at radius 2 is 1.88 bits per heavy atom. The second-order valence-corrected chi connectivity index (χ2v) is 5.06. The van der Waals surface area contributed by atoms with Crippen LogP contribution in [0.5, 0.6) is 0 Å². The summed E-state index contributed by atoms with van der Waals surface area (Å²) in [6.07, 6.45) is 7.93. The molecule has 96 valence electrons. The lowest BCUT2D eigenvalue weighted by molar-refractivity contribution is 0.0329. The summed E-state index contributed by atoms with van der Waals surface area (Å²) >= 11 is 0. The predicted molar refractivity (Wildman–Crippen MR) is 67.9 cm³/mol. The molecule has 0 aromatic heterocycles. The van der Waals surface area contributed by atoms with Crippen LogP contribution in [0.3, 0.4) is 0 Å². The highest BCUT2D eigenvalue weighted by Gasteiger charge is 2.30. The minimum Gasteiger partial charge on any atom is -0.380 e. The number of nitrogens with two attached hydrogens (primary N) is 1. The van der Waals surface area contributed by atoms with Crippen molar-refractivity contribution in [2.45, 2.75) is 64.5 Å². The van der Waals surface area contributed by atoms with Gasteiger partial charge in [0.2, 0.25) is 0 Å². The molecule has 0 spiro atoms. The van der Waals surface area contributed by atoms with Gasteiger partial charge in [-0.2, -0.15) is 0 Å². The number of ether oxygens (including phenoxy) is 1. The zero-order valence-electron chi connectivity index (χ0n) is 11.0. The van der Waals surface area contributed by atoms with Crippen LogP contribution in [0, 0.1) is 11.8 Å². The van der Waals surface area contributed by atoms with Crippen molar-refractivity contribution in [2.75, 3.05) is 7.11 Å². The van der Waals surface area contributed by atoms with E-state index in [1.165, 1.54) is 32.1 Å². The Morgan fingerprint density at radius 1 is 1.25 bits per heavy atom. The molecule has 0 aliphatic heterocycles. The minimum absolute atomic E-state index is 0.258. The zero-order valence-corrected chi connectivity index (χ0v) is 11.0. The van der Waals surface area contributed by atoms with Crippen molar-refractivity contribution < 1.29 is 4.74 Å². The SMILES string of the molecule is CCC1CCC(C(NN)C(CC)OC)CC1. The molecule has 0 amide bonds. The normalized spacial score (nSPS) is 30.0. The van der Waals surface area contributed by atoms with Gasteiger partial charge < -0.3 is 4.74 Å². The fraction of sp³-hybridized carbons (Fsp3) is 1.00. The van der Waals surface area contributed by atoms with Gasteiger partial charge in [-0.15, -0.1) is 0 Å². The van der Waals surface area contributed by atoms with E-state index in [0.29, 0.717) is 12.0 Å². The third-order valence-corrected chi connectivity index (χ3v) is 4.27. The highest BCUT2D eigenvalue weighted by atomic mass is 16.5. The van der Waals surface area contributed by atoms with Crippen LogP contribution in [0.2, 0.25) is 0 Å². The molecule has 0 radical (unpaired) electrons. The van der Waals surface area contributed by atoms with Crippen LogP contribution in [0.4, 0.5) is 0 Å². The van der Waals surface area contributed by atoms with E-state index in [9.17, 15) is 0 Å². The summed E-state index contributed by atoms with van der Waals surface area (Å²) in [5.41, 5.74) is 2.98. The van der Waals surface area contributed by atoms with Gasteiger partial charge in [0.05, 0.1) is 12.1 Å². The van der Waals surface area contributed by atoms with Gasteiger partial charge in [-0.3, -0.25) is 11.3 Å². The average Bonchev–Trinajstić information content (AvgIpc) is 2.36. The molecular weight excluding hydrogens is 200 g/mol. The van der Waals surface area contributed by atoms with Gasteiger partial charge in [0.25, 0.3) is 0 Å². The molecule has 0 saturated heterocycles. The molecule has 3 nitrogen and oxygen atoms in total. The number of rotatable bonds is 6. The summed E-state index contributed by atoms with van der Waals surface area (Å²) in [6.45, 7) is 4.46. The third-order valence-electron chi connectivity index (χ3n) is 4.27. The van der Waals surface area contributed by atoms with Crippen LogP contribution in [0.25, 0.3) is 0 Å². The fourth-order valence-electron chi connectivity index (χ4n) is 3.07. The van der Waals surface area contributed by atoms with Crippen molar-refractivity contribution in [3.63, 3.8) is 0 Å². The average molecular weight is 228 g/mol. The Morgan fingerprint density at radius 3 is 2.25 bits per heavy atom. The number of hydrogen-bond acceptors (Lipinski definition) is 3. The van der Waals surface area contributed by atoms with E-state index in [2.05, 4.69) is 19.3 Å². The van der Waals surface area contributed by atoms with Gasteiger partial charge >= 0.3 is 0 Å². The van der Waals surface area contributed by atoms with E-state index >= 15 is 0 Å². The lowest BCUT2D eigenvalue weighted by Crippen LogP contribution is -2.50. The Labute approximate surface area is 100 Å². The summed E-state index contributed by atoms with van der Waals surface area (Å²) < 4.78 is 5.52. The van der Waals surface area contributed by atoms with E-state index in [1.807, 2.05) is 0 Å². The number of hydrogen-bond donors (Lipinski definition) is 2. The van der Waals surface area contributed by atoms with Crippen LogP contribution in [0.1, 0.15) is 52.4 Å². The van der Waals surface area contributed by atoms with Crippen molar-refractivity contribution in [3.05, 3.63) is 0 Å². The number of hydrazine groups is 1. The largest absolute Gasteiger partial charge is 0.380 e. The quantitative estimate of drug-likeness (QED) is 0.542. The molecule has 0 aromatic rings. The maximum Gasteiger partial charge on any atom is 0.0737 e. The molecule has 3 N–H and O–H groups in total. The first kappa shape index (κ1) is 13.9. The van der Waals surface area contributed by atoms with Gasteiger partial charge in [-0.25, -0.2) is 0 Å². The van der Waals surface area contributed by atoms with Crippen molar-refractivity contribution in [2.24, 2.45) is 17.7 Å². The van der Waals surface area contributed by atoms with Crippen LogP contribution in [0.15, 0.2) is 0 Å². The van der Waals surface area contributed by atoms with Crippen LogP contribution < -0.4 is 11.3 Å². The summed E-state index contributed by atoms with van der Waals surface area (Å²) in [7, 11) is 1.79. The third kappa shape index (κ3) is 3.44. The van der Waals surface area contributed by atoms with E-state index in [-0.39, 0.29) is 6.10 Å². The van der Waals surface area contributed by atoms with Gasteiger partial charge in [-0.05, 0) is 31.1 Å². The van der Waals surface area contributed by atoms with Crippen LogP contribution in [-0.4, -0.2) is 19.3 Å². The molecule has 0 heterocycles. The zero-order chi connectivity index (χ0) is 12.0. The van der Waals surface area contributed by atoms with Crippen molar-refractivity contribution in [1.82, 2.24) is 5.43 Å². The summed E-state index contributed by atoms with van der Waals surface area (Å²) in [5.74, 6) is 7.33. The molecule has 0 bridgehead atoms. The van der Waals surface area contributed by atoms with Gasteiger partial charge in [-0.1, -0.05) is 33.1 Å². The first-order valence-corrected chi connectivity index (χ1v) is 6.75. The highest BCUT2D eigenvalue weighted by molar-refractivity contribution is 4.85. The molecule has 1 rings (SSSR count). The standard InChI is InChI=1S/C13H28N2O/c1-4-10-6-8-11(9-7-10)13(15-14)12(5-2)16-3/h10-13,15H,4-9,14H2,1-3H3. The van der Waals surface area contributed by atoms with Gasteiger partial charge in [0, 0.05) is 7.11 Å². The second kappa shape index (κ2) is 7.25. The summed E-state index contributed by atoms with van der Waals surface area (Å²) in [5, 5.41) is 0. The maximum absolute atomic E-state index is 5.69.